The molecule has 4 nitrogen and oxygen atoms in total. The third kappa shape index (κ3) is 2.86. The van der Waals surface area contributed by atoms with E-state index in [0.29, 0.717) is 5.76 Å². The number of hydrogen-bond acceptors (Lipinski definition) is 3. The molecule has 2 aromatic heterocycles. The van der Waals surface area contributed by atoms with Gasteiger partial charge in [-0.25, -0.2) is 0 Å². The third-order valence-electron chi connectivity index (χ3n) is 5.17. The topological polar surface area (TPSA) is 46.6 Å². The smallest absolute Gasteiger partial charge is 0.290 e. The molecule has 3 heterocycles. The molecule has 4 rings (SSSR count). The molecule has 1 aromatic carbocycles. The molecule has 0 N–H and O–H groups in total. The van der Waals surface area contributed by atoms with Crippen molar-refractivity contribution in [1.82, 2.24) is 4.90 Å². The molecule has 3 aromatic rings. The molecule has 1 fully saturated rings. The van der Waals surface area contributed by atoms with Gasteiger partial charge in [0.2, 0.25) is 0 Å². The van der Waals surface area contributed by atoms with Crippen LogP contribution < -0.4 is 0 Å². The van der Waals surface area contributed by atoms with E-state index in [1.807, 2.05) is 36.1 Å². The summed E-state index contributed by atoms with van der Waals surface area (Å²) >= 11 is 0. The lowest BCUT2D eigenvalue weighted by molar-refractivity contribution is 0.0627. The molecule has 0 bridgehead atoms. The van der Waals surface area contributed by atoms with Gasteiger partial charge < -0.3 is 13.7 Å². The number of carbonyl (C=O) groups is 1. The molecule has 1 saturated heterocycles. The van der Waals surface area contributed by atoms with Crippen molar-refractivity contribution < 1.29 is 13.6 Å². The Morgan fingerprint density at radius 2 is 2.04 bits per heavy atom. The summed E-state index contributed by atoms with van der Waals surface area (Å²) in [6, 6.07) is 9.87. The average Bonchev–Trinajstić information content (AvgIpc) is 3.17. The fraction of sp³-hybridized carbons (Fsp3) is 0.381. The lowest BCUT2D eigenvalue weighted by Gasteiger charge is -2.28. The molecule has 1 aliphatic rings. The van der Waals surface area contributed by atoms with Gasteiger partial charge in [-0.3, -0.25) is 4.79 Å². The van der Waals surface area contributed by atoms with E-state index in [1.54, 1.807) is 6.26 Å². The van der Waals surface area contributed by atoms with Crippen molar-refractivity contribution in [1.29, 1.82) is 0 Å². The molecule has 4 heteroatoms. The average molecular weight is 337 g/mol. The van der Waals surface area contributed by atoms with E-state index in [-0.39, 0.29) is 11.9 Å². The molecular formula is C21H23NO3. The monoisotopic (exact) mass is 337 g/mol. The summed E-state index contributed by atoms with van der Waals surface area (Å²) in [5, 5.41) is 1.02. The van der Waals surface area contributed by atoms with Gasteiger partial charge in [0, 0.05) is 17.5 Å². The van der Waals surface area contributed by atoms with Gasteiger partial charge in [-0.05, 0) is 51.0 Å². The summed E-state index contributed by atoms with van der Waals surface area (Å²) < 4.78 is 11.6. The number of furan rings is 2. The molecule has 1 atom stereocenters. The van der Waals surface area contributed by atoms with Crippen molar-refractivity contribution in [3.8, 4) is 0 Å². The largest absolute Gasteiger partial charge is 0.467 e. The van der Waals surface area contributed by atoms with Gasteiger partial charge in [0.1, 0.15) is 11.3 Å². The summed E-state index contributed by atoms with van der Waals surface area (Å²) in [4.78, 5) is 15.3. The summed E-state index contributed by atoms with van der Waals surface area (Å²) in [5.41, 5.74) is 2.86. The first-order valence-corrected chi connectivity index (χ1v) is 8.99. The molecule has 1 aliphatic heterocycles. The molecule has 0 spiro atoms. The fourth-order valence-electron chi connectivity index (χ4n) is 3.80. The van der Waals surface area contributed by atoms with Crippen LogP contribution in [0.3, 0.4) is 0 Å². The van der Waals surface area contributed by atoms with Crippen LogP contribution in [0, 0.1) is 13.8 Å². The maximum atomic E-state index is 13.3. The van der Waals surface area contributed by atoms with Gasteiger partial charge in [-0.1, -0.05) is 24.5 Å². The lowest BCUT2D eigenvalue weighted by Crippen LogP contribution is -2.34. The van der Waals surface area contributed by atoms with Crippen LogP contribution >= 0.6 is 0 Å². The standard InChI is InChI=1S/C21H23NO3/c1-14-9-10-18-16(13-14)15(2)20(25-18)21(23)22-11-5-3-4-7-17(22)19-8-6-12-24-19/h6,8-10,12-13,17H,3-5,7,11H2,1-2H3. The van der Waals surface area contributed by atoms with E-state index in [1.165, 1.54) is 5.56 Å². The van der Waals surface area contributed by atoms with Crippen molar-refractivity contribution in [2.24, 2.45) is 0 Å². The second-order valence-electron chi connectivity index (χ2n) is 6.93. The number of likely N-dealkylation sites (tertiary alicyclic amines) is 1. The van der Waals surface area contributed by atoms with Crippen LogP contribution in [0.2, 0.25) is 0 Å². The Labute approximate surface area is 147 Å². The maximum absolute atomic E-state index is 13.3. The number of carbonyl (C=O) groups excluding carboxylic acids is 1. The zero-order chi connectivity index (χ0) is 17.4. The second kappa shape index (κ2) is 6.43. The van der Waals surface area contributed by atoms with Crippen molar-refractivity contribution in [2.45, 2.75) is 45.6 Å². The maximum Gasteiger partial charge on any atom is 0.290 e. The highest BCUT2D eigenvalue weighted by molar-refractivity contribution is 5.99. The molecule has 0 radical (unpaired) electrons. The van der Waals surface area contributed by atoms with Crippen molar-refractivity contribution in [3.63, 3.8) is 0 Å². The van der Waals surface area contributed by atoms with Gasteiger partial charge in [0.25, 0.3) is 5.91 Å². The minimum atomic E-state index is -0.0327. The van der Waals surface area contributed by atoms with Crippen LogP contribution in [-0.2, 0) is 0 Å². The second-order valence-corrected chi connectivity index (χ2v) is 6.93. The van der Waals surface area contributed by atoms with E-state index in [2.05, 4.69) is 13.0 Å². The zero-order valence-electron chi connectivity index (χ0n) is 14.7. The highest BCUT2D eigenvalue weighted by atomic mass is 16.3. The summed E-state index contributed by atoms with van der Waals surface area (Å²) in [6.07, 6.45) is 5.86. The Hall–Kier alpha value is -2.49. The van der Waals surface area contributed by atoms with Crippen LogP contribution in [0.1, 0.15) is 59.2 Å². The van der Waals surface area contributed by atoms with E-state index in [4.69, 9.17) is 8.83 Å². The highest BCUT2D eigenvalue weighted by Gasteiger charge is 2.32. The number of aryl methyl sites for hydroxylation is 2. The third-order valence-corrected chi connectivity index (χ3v) is 5.17. The quantitative estimate of drug-likeness (QED) is 0.629. The molecule has 130 valence electrons. The molecule has 1 unspecified atom stereocenters. The SMILES string of the molecule is Cc1ccc2oc(C(=O)N3CCCCCC3c3ccco3)c(C)c2c1. The van der Waals surface area contributed by atoms with E-state index >= 15 is 0 Å². The summed E-state index contributed by atoms with van der Waals surface area (Å²) in [5.74, 6) is 1.29. The van der Waals surface area contributed by atoms with Crippen molar-refractivity contribution >= 4 is 16.9 Å². The summed E-state index contributed by atoms with van der Waals surface area (Å²) in [6.45, 7) is 4.76. The number of nitrogens with zero attached hydrogens (tertiary/aromatic N) is 1. The van der Waals surface area contributed by atoms with Crippen molar-refractivity contribution in [2.75, 3.05) is 6.54 Å². The molecule has 1 amide bonds. The Morgan fingerprint density at radius 3 is 2.84 bits per heavy atom. The number of benzene rings is 1. The van der Waals surface area contributed by atoms with Gasteiger partial charge in [0.15, 0.2) is 5.76 Å². The minimum Gasteiger partial charge on any atom is -0.467 e. The predicted molar refractivity (Wildman–Crippen MR) is 96.6 cm³/mol. The van der Waals surface area contributed by atoms with Crippen LogP contribution in [0.4, 0.5) is 0 Å². The van der Waals surface area contributed by atoms with Crippen LogP contribution in [0.15, 0.2) is 45.4 Å². The Morgan fingerprint density at radius 1 is 1.16 bits per heavy atom. The van der Waals surface area contributed by atoms with Crippen LogP contribution in [0.5, 0.6) is 0 Å². The van der Waals surface area contributed by atoms with Crippen LogP contribution in [0.25, 0.3) is 11.0 Å². The Bertz CT molecular complexity index is 891. The van der Waals surface area contributed by atoms with E-state index in [0.717, 1.165) is 54.5 Å². The highest BCUT2D eigenvalue weighted by Crippen LogP contribution is 2.34. The molecule has 0 saturated carbocycles. The first kappa shape index (κ1) is 16.0. The number of hydrogen-bond donors (Lipinski definition) is 0. The van der Waals surface area contributed by atoms with E-state index < -0.39 is 0 Å². The van der Waals surface area contributed by atoms with Gasteiger partial charge in [0.05, 0.1) is 12.3 Å². The fourth-order valence-corrected chi connectivity index (χ4v) is 3.80. The van der Waals surface area contributed by atoms with Gasteiger partial charge in [-0.2, -0.15) is 0 Å². The lowest BCUT2D eigenvalue weighted by atomic mass is 10.1. The van der Waals surface area contributed by atoms with Crippen molar-refractivity contribution in [3.05, 3.63) is 59.2 Å². The normalized spacial score (nSPS) is 18.5. The number of rotatable bonds is 2. The number of fused-ring (bicyclic) bond motifs is 1. The molecule has 25 heavy (non-hydrogen) atoms. The Balaban J connectivity index is 1.74. The van der Waals surface area contributed by atoms with Gasteiger partial charge in [-0.15, -0.1) is 0 Å². The first-order chi connectivity index (χ1) is 12.1. The minimum absolute atomic E-state index is 0.0145. The predicted octanol–water partition coefficient (Wildman–Crippen LogP) is 5.40. The number of amides is 1. The zero-order valence-corrected chi connectivity index (χ0v) is 14.7. The first-order valence-electron chi connectivity index (χ1n) is 8.99. The summed E-state index contributed by atoms with van der Waals surface area (Å²) in [7, 11) is 0. The molecule has 0 aliphatic carbocycles. The van der Waals surface area contributed by atoms with Gasteiger partial charge >= 0.3 is 0 Å². The van der Waals surface area contributed by atoms with Crippen LogP contribution in [-0.4, -0.2) is 17.4 Å². The Kier molecular flexibility index (Phi) is 4.12. The molecular weight excluding hydrogens is 314 g/mol. The van der Waals surface area contributed by atoms with E-state index in [9.17, 15) is 4.79 Å².